The molecule has 2 nitrogen and oxygen atoms in total. The number of piperidine rings is 1. The summed E-state index contributed by atoms with van der Waals surface area (Å²) in [5.41, 5.74) is 5.86. The van der Waals surface area contributed by atoms with Crippen LogP contribution in [0.15, 0.2) is 54.7 Å². The van der Waals surface area contributed by atoms with Gasteiger partial charge in [0, 0.05) is 29.1 Å². The Bertz CT molecular complexity index is 849. The minimum Gasteiger partial charge on any atom is -0.361 e. The molecule has 0 unspecified atom stereocenters. The van der Waals surface area contributed by atoms with Crippen molar-refractivity contribution >= 4 is 10.9 Å². The molecule has 3 aromatic rings. The molecule has 0 amide bonds. The molecule has 2 aliphatic rings. The highest BCUT2D eigenvalue weighted by Gasteiger charge is 2.41. The Balaban J connectivity index is 1.71. The second-order valence-corrected chi connectivity index (χ2v) is 7.17. The lowest BCUT2D eigenvalue weighted by molar-refractivity contribution is 0.139. The van der Waals surface area contributed by atoms with Crippen molar-refractivity contribution in [2.75, 3.05) is 13.6 Å². The molecular weight excluding hydrogens is 280 g/mol. The number of hydrogen-bond donors (Lipinski definition) is 1. The Morgan fingerprint density at radius 1 is 1.04 bits per heavy atom. The third kappa shape index (κ3) is 1.91. The minimum absolute atomic E-state index is 0.600. The summed E-state index contributed by atoms with van der Waals surface area (Å²) in [7, 11) is 2.30. The smallest absolute Gasteiger partial charge is 0.0459 e. The zero-order valence-electron chi connectivity index (χ0n) is 13.5. The minimum atomic E-state index is 0.600. The number of likely N-dealkylation sites (N-methyl/N-ethyl adjacent to an activating group) is 1. The van der Waals surface area contributed by atoms with Crippen LogP contribution in [0.3, 0.4) is 0 Å². The highest BCUT2D eigenvalue weighted by atomic mass is 15.1. The summed E-state index contributed by atoms with van der Waals surface area (Å²) in [6.45, 7) is 1.19. The zero-order valence-corrected chi connectivity index (χ0v) is 13.5. The molecule has 1 aliphatic heterocycles. The van der Waals surface area contributed by atoms with Crippen LogP contribution in [-0.2, 0) is 6.42 Å². The number of likely N-dealkylation sites (tertiary alicyclic amines) is 1. The van der Waals surface area contributed by atoms with Gasteiger partial charge in [-0.3, -0.25) is 0 Å². The number of rotatable bonds is 1. The van der Waals surface area contributed by atoms with Gasteiger partial charge in [-0.05, 0) is 55.1 Å². The fraction of sp³-hybridized carbons (Fsp3) is 0.333. The van der Waals surface area contributed by atoms with E-state index in [1.807, 2.05) is 0 Å². The largest absolute Gasteiger partial charge is 0.361 e. The molecule has 2 heteroatoms. The Kier molecular flexibility index (Phi) is 2.89. The molecule has 0 spiro atoms. The van der Waals surface area contributed by atoms with Crippen LogP contribution in [0.2, 0.25) is 0 Å². The van der Waals surface area contributed by atoms with E-state index in [0.717, 1.165) is 0 Å². The van der Waals surface area contributed by atoms with Crippen LogP contribution in [0.25, 0.3) is 10.9 Å². The molecule has 2 heterocycles. The van der Waals surface area contributed by atoms with Gasteiger partial charge in [0.05, 0.1) is 0 Å². The van der Waals surface area contributed by atoms with Crippen LogP contribution < -0.4 is 0 Å². The van der Waals surface area contributed by atoms with E-state index in [4.69, 9.17) is 0 Å². The molecule has 1 saturated heterocycles. The first-order chi connectivity index (χ1) is 11.3. The highest BCUT2D eigenvalue weighted by molar-refractivity contribution is 5.88. The van der Waals surface area contributed by atoms with Gasteiger partial charge >= 0.3 is 0 Å². The summed E-state index contributed by atoms with van der Waals surface area (Å²) in [5, 5.41) is 1.49. The van der Waals surface area contributed by atoms with Gasteiger partial charge in [-0.15, -0.1) is 0 Å². The molecule has 116 valence electrons. The summed E-state index contributed by atoms with van der Waals surface area (Å²) in [4.78, 5) is 6.06. The van der Waals surface area contributed by atoms with Gasteiger partial charge < -0.3 is 9.88 Å². The Morgan fingerprint density at radius 2 is 1.91 bits per heavy atom. The lowest BCUT2D eigenvalue weighted by Crippen LogP contribution is -2.47. The molecule has 5 rings (SSSR count). The maximum absolute atomic E-state index is 3.48. The van der Waals surface area contributed by atoms with Gasteiger partial charge in [0.15, 0.2) is 0 Å². The number of hydrogen-bond acceptors (Lipinski definition) is 1. The molecule has 23 heavy (non-hydrogen) atoms. The normalized spacial score (nSPS) is 27.1. The molecule has 0 radical (unpaired) electrons. The summed E-state index contributed by atoms with van der Waals surface area (Å²) >= 11 is 0. The van der Waals surface area contributed by atoms with Gasteiger partial charge in [-0.25, -0.2) is 0 Å². The number of nitrogens with zero attached hydrogens (tertiary/aromatic N) is 1. The first-order valence-electron chi connectivity index (χ1n) is 8.67. The number of nitrogens with one attached hydrogen (secondary N) is 1. The topological polar surface area (TPSA) is 19.0 Å². The number of aromatic amines is 1. The monoisotopic (exact) mass is 302 g/mol. The molecule has 0 bridgehead atoms. The van der Waals surface area contributed by atoms with Crippen molar-refractivity contribution in [1.29, 1.82) is 0 Å². The Hall–Kier alpha value is -2.06. The SMILES string of the molecule is CN1CC[C@@H](c2ccccc2)[C@@H]2c3cccc4[nH]cc(c34)C[C@H]21. The van der Waals surface area contributed by atoms with Gasteiger partial charge in [-0.1, -0.05) is 42.5 Å². The second-order valence-electron chi connectivity index (χ2n) is 7.17. The summed E-state index contributed by atoms with van der Waals surface area (Å²) in [6.07, 6.45) is 4.64. The van der Waals surface area contributed by atoms with E-state index in [1.165, 1.54) is 41.4 Å². The number of aromatic nitrogens is 1. The summed E-state index contributed by atoms with van der Waals surface area (Å²) < 4.78 is 0. The van der Waals surface area contributed by atoms with Crippen LogP contribution in [0, 0.1) is 0 Å². The van der Waals surface area contributed by atoms with E-state index in [0.29, 0.717) is 17.9 Å². The first kappa shape index (κ1) is 13.4. The standard InChI is InChI=1S/C21H22N2/c1-23-11-10-16(14-6-3-2-4-7-14)21-17-8-5-9-18-20(17)15(13-22-18)12-19(21)23/h2-9,13,16,19,21-22H,10-12H2,1H3/t16-,19+,21+/m0/s1. The fourth-order valence-electron chi connectivity index (χ4n) is 4.96. The van der Waals surface area contributed by atoms with Crippen molar-refractivity contribution < 1.29 is 0 Å². The quantitative estimate of drug-likeness (QED) is 0.710. The number of fused-ring (bicyclic) bond motifs is 2. The van der Waals surface area contributed by atoms with E-state index in [1.54, 1.807) is 5.56 Å². The zero-order chi connectivity index (χ0) is 15.4. The molecule has 0 saturated carbocycles. The third-order valence-electron chi connectivity index (χ3n) is 6.04. The van der Waals surface area contributed by atoms with Gasteiger partial charge in [-0.2, -0.15) is 0 Å². The van der Waals surface area contributed by atoms with Crippen molar-refractivity contribution in [2.24, 2.45) is 0 Å². The van der Waals surface area contributed by atoms with Gasteiger partial charge in [0.25, 0.3) is 0 Å². The van der Waals surface area contributed by atoms with E-state index in [-0.39, 0.29) is 0 Å². The van der Waals surface area contributed by atoms with Gasteiger partial charge in [0.1, 0.15) is 0 Å². The van der Waals surface area contributed by atoms with Crippen LogP contribution in [0.4, 0.5) is 0 Å². The summed E-state index contributed by atoms with van der Waals surface area (Å²) in [6, 6.07) is 18.6. The molecular formula is C21H22N2. The predicted molar refractivity (Wildman–Crippen MR) is 95.0 cm³/mol. The Labute approximate surface area is 137 Å². The Morgan fingerprint density at radius 3 is 2.78 bits per heavy atom. The number of benzene rings is 2. The van der Waals surface area contributed by atoms with Crippen molar-refractivity contribution in [1.82, 2.24) is 9.88 Å². The third-order valence-corrected chi connectivity index (χ3v) is 6.04. The molecule has 1 aromatic heterocycles. The lowest BCUT2D eigenvalue weighted by Gasteiger charge is -2.47. The van der Waals surface area contributed by atoms with Crippen molar-refractivity contribution in [3.8, 4) is 0 Å². The maximum atomic E-state index is 3.48. The molecule has 2 aromatic carbocycles. The predicted octanol–water partition coefficient (Wildman–Crippen LogP) is 4.30. The molecule has 1 N–H and O–H groups in total. The van der Waals surface area contributed by atoms with Crippen LogP contribution in [0.1, 0.15) is 34.9 Å². The fourth-order valence-corrected chi connectivity index (χ4v) is 4.96. The van der Waals surface area contributed by atoms with Crippen LogP contribution >= 0.6 is 0 Å². The van der Waals surface area contributed by atoms with E-state index >= 15 is 0 Å². The van der Waals surface area contributed by atoms with Crippen molar-refractivity contribution in [3.05, 3.63) is 71.4 Å². The van der Waals surface area contributed by atoms with Crippen molar-refractivity contribution in [3.63, 3.8) is 0 Å². The van der Waals surface area contributed by atoms with Gasteiger partial charge in [0.2, 0.25) is 0 Å². The average Bonchev–Trinajstić information content (AvgIpc) is 3.01. The second kappa shape index (κ2) is 4.97. The van der Waals surface area contributed by atoms with E-state index < -0.39 is 0 Å². The summed E-state index contributed by atoms with van der Waals surface area (Å²) in [5.74, 6) is 1.23. The van der Waals surface area contributed by atoms with Crippen LogP contribution in [-0.4, -0.2) is 29.5 Å². The average molecular weight is 302 g/mol. The molecule has 1 aliphatic carbocycles. The maximum Gasteiger partial charge on any atom is 0.0459 e. The lowest BCUT2D eigenvalue weighted by atomic mass is 9.67. The first-order valence-corrected chi connectivity index (χ1v) is 8.67. The highest BCUT2D eigenvalue weighted by Crippen LogP contribution is 2.49. The van der Waals surface area contributed by atoms with Crippen molar-refractivity contribution in [2.45, 2.75) is 30.7 Å². The molecule has 3 atom stereocenters. The van der Waals surface area contributed by atoms with E-state index in [2.05, 4.69) is 71.7 Å². The van der Waals surface area contributed by atoms with Crippen LogP contribution in [0.5, 0.6) is 0 Å². The van der Waals surface area contributed by atoms with E-state index in [9.17, 15) is 0 Å². The molecule has 1 fully saturated rings. The number of H-pyrrole nitrogens is 1.